The summed E-state index contributed by atoms with van der Waals surface area (Å²) in [4.78, 5) is 23.6. The fourth-order valence-corrected chi connectivity index (χ4v) is 4.29. The molecule has 10 heteroatoms. The van der Waals surface area contributed by atoms with Crippen LogP contribution < -0.4 is 5.32 Å². The molecule has 1 aliphatic rings. The van der Waals surface area contributed by atoms with Gasteiger partial charge in [0.1, 0.15) is 18.0 Å². The van der Waals surface area contributed by atoms with Crippen molar-refractivity contribution in [2.24, 2.45) is 0 Å². The van der Waals surface area contributed by atoms with Gasteiger partial charge in [0.05, 0.1) is 29.3 Å². The van der Waals surface area contributed by atoms with Gasteiger partial charge in [0.15, 0.2) is 0 Å². The van der Waals surface area contributed by atoms with Crippen molar-refractivity contribution in [1.29, 1.82) is 0 Å². The predicted molar refractivity (Wildman–Crippen MR) is 131 cm³/mol. The fraction of sp³-hybridized carbons (Fsp3) is 0.240. The Balaban J connectivity index is 1.51. The fourth-order valence-electron chi connectivity index (χ4n) is 4.11. The van der Waals surface area contributed by atoms with Crippen LogP contribution in [0.4, 0.5) is 15.9 Å². The number of hydrogen-bond acceptors (Lipinski definition) is 6. The van der Waals surface area contributed by atoms with E-state index in [1.807, 2.05) is 29.0 Å². The van der Waals surface area contributed by atoms with Crippen LogP contribution in [0.1, 0.15) is 15.9 Å². The van der Waals surface area contributed by atoms with Crippen LogP contribution in [0.25, 0.3) is 16.6 Å². The molecule has 3 heterocycles. The molecule has 0 radical (unpaired) electrons. The van der Waals surface area contributed by atoms with Gasteiger partial charge in [-0.3, -0.25) is 4.79 Å². The van der Waals surface area contributed by atoms with E-state index in [0.717, 1.165) is 16.6 Å². The minimum absolute atomic E-state index is 0.00951. The Morgan fingerprint density at radius 3 is 2.74 bits per heavy atom. The first kappa shape index (κ1) is 23.2. The normalized spacial score (nSPS) is 13.9. The highest BCUT2D eigenvalue weighted by atomic mass is 35.5. The highest BCUT2D eigenvalue weighted by Gasteiger charge is 2.23. The van der Waals surface area contributed by atoms with E-state index in [-0.39, 0.29) is 17.5 Å². The van der Waals surface area contributed by atoms with Gasteiger partial charge in [0, 0.05) is 48.9 Å². The van der Waals surface area contributed by atoms with E-state index in [9.17, 15) is 14.3 Å². The van der Waals surface area contributed by atoms with Crippen molar-refractivity contribution in [3.8, 4) is 5.69 Å². The largest absolute Gasteiger partial charge is 0.396 e. The molecule has 1 aliphatic heterocycles. The number of halogens is 2. The zero-order valence-corrected chi connectivity index (χ0v) is 19.5. The highest BCUT2D eigenvalue weighted by Crippen LogP contribution is 2.28. The second-order valence-electron chi connectivity index (χ2n) is 8.16. The summed E-state index contributed by atoms with van der Waals surface area (Å²) < 4.78 is 20.8. The number of nitrogens with zero attached hydrogens (tertiary/aromatic N) is 4. The molecule has 0 aliphatic carbocycles. The zero-order chi connectivity index (χ0) is 24.4. The molecule has 0 saturated carbocycles. The number of aliphatic hydroxyl groups is 1. The first-order chi connectivity index (χ1) is 17.0. The van der Waals surface area contributed by atoms with E-state index in [0.29, 0.717) is 55.3 Å². The molecule has 0 bridgehead atoms. The summed E-state index contributed by atoms with van der Waals surface area (Å²) in [5, 5.41) is 13.5. The number of benzene rings is 2. The Labute approximate surface area is 205 Å². The summed E-state index contributed by atoms with van der Waals surface area (Å²) in [5.74, 6) is -0.0391. The lowest BCUT2D eigenvalue weighted by atomic mass is 10.1. The van der Waals surface area contributed by atoms with Crippen LogP contribution in [0.15, 0.2) is 55.1 Å². The average molecular weight is 496 g/mol. The molecule has 4 aromatic rings. The van der Waals surface area contributed by atoms with E-state index in [1.54, 1.807) is 17.2 Å². The van der Waals surface area contributed by atoms with E-state index >= 15 is 0 Å². The lowest BCUT2D eigenvalue weighted by Gasteiger charge is -2.26. The van der Waals surface area contributed by atoms with Gasteiger partial charge in [-0.15, -0.1) is 0 Å². The van der Waals surface area contributed by atoms with E-state index in [2.05, 4.69) is 15.3 Å². The Morgan fingerprint density at radius 2 is 1.97 bits per heavy atom. The number of carbonyl (C=O) groups excluding carboxylic acids is 1. The van der Waals surface area contributed by atoms with Crippen LogP contribution >= 0.6 is 11.6 Å². The number of fused-ring (bicyclic) bond motifs is 1. The van der Waals surface area contributed by atoms with Gasteiger partial charge >= 0.3 is 0 Å². The van der Waals surface area contributed by atoms with Crippen molar-refractivity contribution in [3.63, 3.8) is 0 Å². The predicted octanol–water partition coefficient (Wildman–Crippen LogP) is 3.96. The quantitative estimate of drug-likeness (QED) is 0.420. The molecule has 2 N–H and O–H groups in total. The molecule has 0 atom stereocenters. The van der Waals surface area contributed by atoms with E-state index in [1.165, 1.54) is 18.5 Å². The summed E-state index contributed by atoms with van der Waals surface area (Å²) in [5.41, 5.74) is 3.43. The summed E-state index contributed by atoms with van der Waals surface area (Å²) in [6, 6.07) is 10.0. The molecular formula is C25H23ClFN5O3. The SMILES string of the molecule is O=C(c1cn(-c2ccc3ncnc(Nc4ccc(F)c(Cl)c4)c3c2)cc1CCO)N1CCOCC1. The third-order valence-electron chi connectivity index (χ3n) is 5.92. The van der Waals surface area contributed by atoms with Crippen molar-refractivity contribution >= 4 is 39.9 Å². The molecular weight excluding hydrogens is 473 g/mol. The Hall–Kier alpha value is -3.53. The van der Waals surface area contributed by atoms with E-state index < -0.39 is 5.82 Å². The zero-order valence-electron chi connectivity index (χ0n) is 18.7. The summed E-state index contributed by atoms with van der Waals surface area (Å²) in [6.07, 6.45) is 5.47. The summed E-state index contributed by atoms with van der Waals surface area (Å²) in [6.45, 7) is 2.05. The lowest BCUT2D eigenvalue weighted by molar-refractivity contribution is 0.0302. The van der Waals surface area contributed by atoms with Crippen molar-refractivity contribution in [3.05, 3.63) is 77.1 Å². The van der Waals surface area contributed by atoms with Crippen LogP contribution in [-0.4, -0.2) is 63.4 Å². The number of carbonyl (C=O) groups is 1. The number of hydrogen-bond donors (Lipinski definition) is 2. The van der Waals surface area contributed by atoms with Crippen molar-refractivity contribution in [2.45, 2.75) is 6.42 Å². The molecule has 1 saturated heterocycles. The molecule has 0 spiro atoms. The Bertz CT molecular complexity index is 1390. The topological polar surface area (TPSA) is 92.5 Å². The van der Waals surface area contributed by atoms with Crippen molar-refractivity contribution in [2.75, 3.05) is 38.2 Å². The molecule has 180 valence electrons. The van der Waals surface area contributed by atoms with Gasteiger partial charge in [-0.2, -0.15) is 0 Å². The average Bonchev–Trinajstić information content (AvgIpc) is 3.30. The highest BCUT2D eigenvalue weighted by molar-refractivity contribution is 6.31. The maximum atomic E-state index is 13.6. The number of anilines is 2. The number of aliphatic hydroxyl groups excluding tert-OH is 1. The first-order valence-corrected chi connectivity index (χ1v) is 11.6. The van der Waals surface area contributed by atoms with Crippen LogP contribution in [0.5, 0.6) is 0 Å². The van der Waals surface area contributed by atoms with Gasteiger partial charge in [-0.1, -0.05) is 11.6 Å². The number of amides is 1. The van der Waals surface area contributed by atoms with Crippen LogP contribution in [-0.2, 0) is 11.2 Å². The monoisotopic (exact) mass is 495 g/mol. The third kappa shape index (κ3) is 4.84. The number of nitrogens with one attached hydrogen (secondary N) is 1. The van der Waals surface area contributed by atoms with Crippen LogP contribution in [0, 0.1) is 5.82 Å². The Morgan fingerprint density at radius 1 is 1.14 bits per heavy atom. The number of aromatic nitrogens is 3. The minimum Gasteiger partial charge on any atom is -0.396 e. The van der Waals surface area contributed by atoms with Crippen LogP contribution in [0.3, 0.4) is 0 Å². The molecule has 1 amide bonds. The summed E-state index contributed by atoms with van der Waals surface area (Å²) in [7, 11) is 0. The molecule has 2 aromatic carbocycles. The molecule has 0 unspecified atom stereocenters. The second kappa shape index (κ2) is 9.99. The van der Waals surface area contributed by atoms with Gasteiger partial charge in [0.2, 0.25) is 0 Å². The molecule has 2 aromatic heterocycles. The molecule has 35 heavy (non-hydrogen) atoms. The number of ether oxygens (including phenoxy) is 1. The summed E-state index contributed by atoms with van der Waals surface area (Å²) >= 11 is 5.92. The second-order valence-corrected chi connectivity index (χ2v) is 8.57. The number of rotatable bonds is 6. The third-order valence-corrected chi connectivity index (χ3v) is 6.21. The maximum Gasteiger partial charge on any atom is 0.255 e. The molecule has 8 nitrogen and oxygen atoms in total. The molecule has 1 fully saturated rings. The molecule has 5 rings (SSSR count). The smallest absolute Gasteiger partial charge is 0.255 e. The Kier molecular flexibility index (Phi) is 6.63. The van der Waals surface area contributed by atoms with Crippen molar-refractivity contribution < 1.29 is 19.0 Å². The van der Waals surface area contributed by atoms with E-state index in [4.69, 9.17) is 16.3 Å². The lowest BCUT2D eigenvalue weighted by Crippen LogP contribution is -2.40. The van der Waals surface area contributed by atoms with Crippen molar-refractivity contribution in [1.82, 2.24) is 19.4 Å². The minimum atomic E-state index is -0.499. The van der Waals surface area contributed by atoms with Gasteiger partial charge in [-0.25, -0.2) is 14.4 Å². The van der Waals surface area contributed by atoms with Gasteiger partial charge in [-0.05, 0) is 48.4 Å². The first-order valence-electron chi connectivity index (χ1n) is 11.2. The number of morpholine rings is 1. The van der Waals surface area contributed by atoms with Gasteiger partial charge < -0.3 is 24.6 Å². The van der Waals surface area contributed by atoms with Gasteiger partial charge in [0.25, 0.3) is 5.91 Å². The van der Waals surface area contributed by atoms with Crippen LogP contribution in [0.2, 0.25) is 5.02 Å². The standard InChI is InChI=1S/C25H23ClFN5O3/c26-21-11-17(1-3-22(21)27)30-24-19-12-18(2-4-23(19)28-15-29-24)32-13-16(5-8-33)20(14-32)25(34)31-6-9-35-10-7-31/h1-4,11-15,33H,5-10H2,(H,28,29,30). The maximum absolute atomic E-state index is 13.6.